The number of rotatable bonds is 1. The highest BCUT2D eigenvalue weighted by Crippen LogP contribution is 2.27. The van der Waals surface area contributed by atoms with E-state index in [1.54, 1.807) is 0 Å². The Bertz CT molecular complexity index is 373. The molecule has 0 radical (unpaired) electrons. The summed E-state index contributed by atoms with van der Waals surface area (Å²) in [5.74, 6) is -1.12. The molecule has 13 heavy (non-hydrogen) atoms. The van der Waals surface area contributed by atoms with Gasteiger partial charge in [-0.25, -0.2) is 13.8 Å². The van der Waals surface area contributed by atoms with E-state index in [0.717, 1.165) is 0 Å². The minimum atomic E-state index is -2.89. The second kappa shape index (κ2) is 3.62. The van der Waals surface area contributed by atoms with Gasteiger partial charge in [-0.3, -0.25) is 0 Å². The van der Waals surface area contributed by atoms with Gasteiger partial charge in [-0.05, 0) is 0 Å². The molecule has 0 atom stereocenters. The molecule has 0 bridgehead atoms. The number of hydrogen-bond acceptors (Lipinski definition) is 2. The minimum absolute atomic E-state index is 0.566. The van der Waals surface area contributed by atoms with Gasteiger partial charge in [-0.1, -0.05) is 11.6 Å². The summed E-state index contributed by atoms with van der Waals surface area (Å²) in [6.07, 6.45) is -2.29. The Balaban J connectivity index is 3.41. The van der Waals surface area contributed by atoms with Gasteiger partial charge >= 0.3 is 0 Å². The SMILES string of the molecule is N#Cc1c(C(F)F)cnc(F)c1Cl. The van der Waals surface area contributed by atoms with Gasteiger partial charge in [0.25, 0.3) is 6.43 Å². The molecule has 0 unspecified atom stereocenters. The fourth-order valence-electron chi connectivity index (χ4n) is 0.756. The quantitative estimate of drug-likeness (QED) is 0.663. The third-order valence-corrected chi connectivity index (χ3v) is 1.70. The number of aromatic nitrogens is 1. The highest BCUT2D eigenvalue weighted by molar-refractivity contribution is 6.31. The zero-order valence-corrected chi connectivity index (χ0v) is 6.82. The lowest BCUT2D eigenvalue weighted by molar-refractivity contribution is 0.150. The molecule has 1 aromatic heterocycles. The molecule has 6 heteroatoms. The van der Waals surface area contributed by atoms with E-state index in [1.807, 2.05) is 0 Å². The van der Waals surface area contributed by atoms with Crippen molar-refractivity contribution < 1.29 is 13.2 Å². The molecule has 0 fully saturated rings. The molecule has 0 aliphatic rings. The lowest BCUT2D eigenvalue weighted by atomic mass is 10.1. The van der Waals surface area contributed by atoms with Crippen molar-refractivity contribution in [2.24, 2.45) is 0 Å². The summed E-state index contributed by atoms with van der Waals surface area (Å²) in [5.41, 5.74) is -1.22. The van der Waals surface area contributed by atoms with Crippen LogP contribution >= 0.6 is 11.6 Å². The van der Waals surface area contributed by atoms with Crippen LogP contribution < -0.4 is 0 Å². The Morgan fingerprint density at radius 1 is 1.54 bits per heavy atom. The fourth-order valence-corrected chi connectivity index (χ4v) is 0.957. The largest absolute Gasteiger partial charge is 0.266 e. The van der Waals surface area contributed by atoms with E-state index in [1.165, 1.54) is 6.07 Å². The average Bonchev–Trinajstić information content (AvgIpc) is 2.09. The Morgan fingerprint density at radius 3 is 2.62 bits per heavy atom. The number of alkyl halides is 2. The normalized spacial score (nSPS) is 10.2. The maximum atomic E-state index is 12.6. The summed E-state index contributed by atoms with van der Waals surface area (Å²) >= 11 is 5.25. The first-order valence-electron chi connectivity index (χ1n) is 3.10. The lowest BCUT2D eigenvalue weighted by Crippen LogP contribution is -1.96. The average molecular weight is 207 g/mol. The van der Waals surface area contributed by atoms with Crippen molar-refractivity contribution in [3.63, 3.8) is 0 Å². The van der Waals surface area contributed by atoms with Gasteiger partial charge in [0, 0.05) is 6.20 Å². The van der Waals surface area contributed by atoms with Crippen LogP contribution in [0.3, 0.4) is 0 Å². The van der Waals surface area contributed by atoms with Gasteiger partial charge in [-0.2, -0.15) is 9.65 Å². The van der Waals surface area contributed by atoms with Crippen molar-refractivity contribution in [2.45, 2.75) is 6.43 Å². The summed E-state index contributed by atoms with van der Waals surface area (Å²) < 4.78 is 36.9. The van der Waals surface area contributed by atoms with Crippen LogP contribution in [0.15, 0.2) is 6.20 Å². The first-order valence-corrected chi connectivity index (χ1v) is 3.48. The molecule has 2 nitrogen and oxygen atoms in total. The Hall–Kier alpha value is -1.28. The third kappa shape index (κ3) is 1.73. The Labute approximate surface area is 76.6 Å². The number of hydrogen-bond donors (Lipinski definition) is 0. The van der Waals surface area contributed by atoms with Crippen LogP contribution in [0.25, 0.3) is 0 Å². The first-order chi connectivity index (χ1) is 6.07. The van der Waals surface area contributed by atoms with Crippen LogP contribution in [0, 0.1) is 17.3 Å². The first kappa shape index (κ1) is 9.81. The molecule has 68 valence electrons. The summed E-state index contributed by atoms with van der Waals surface area (Å²) in [4.78, 5) is 2.98. The van der Waals surface area contributed by atoms with E-state index in [4.69, 9.17) is 16.9 Å². The van der Waals surface area contributed by atoms with E-state index in [-0.39, 0.29) is 0 Å². The number of halogens is 4. The second-order valence-corrected chi connectivity index (χ2v) is 2.48. The lowest BCUT2D eigenvalue weighted by Gasteiger charge is -2.03. The zero-order chi connectivity index (χ0) is 10.0. The van der Waals surface area contributed by atoms with Crippen molar-refractivity contribution in [3.05, 3.63) is 28.3 Å². The van der Waals surface area contributed by atoms with E-state index < -0.39 is 28.5 Å². The molecule has 1 rings (SSSR count). The summed E-state index contributed by atoms with van der Waals surface area (Å²) in [6, 6.07) is 1.39. The molecule has 1 heterocycles. The molecule has 0 saturated heterocycles. The molecular formula is C7H2ClF3N2. The van der Waals surface area contributed by atoms with Crippen LogP contribution in [0.1, 0.15) is 17.6 Å². The highest BCUT2D eigenvalue weighted by atomic mass is 35.5. The molecule has 0 saturated carbocycles. The van der Waals surface area contributed by atoms with E-state index >= 15 is 0 Å². The van der Waals surface area contributed by atoms with Gasteiger partial charge < -0.3 is 0 Å². The molecular weight excluding hydrogens is 205 g/mol. The number of nitrogens with zero attached hydrogens (tertiary/aromatic N) is 2. The van der Waals surface area contributed by atoms with Crippen LogP contribution in [-0.2, 0) is 0 Å². The van der Waals surface area contributed by atoms with Crippen molar-refractivity contribution >= 4 is 11.6 Å². The van der Waals surface area contributed by atoms with Gasteiger partial charge in [0.1, 0.15) is 11.1 Å². The Morgan fingerprint density at radius 2 is 2.15 bits per heavy atom. The topological polar surface area (TPSA) is 36.7 Å². The molecule has 0 spiro atoms. The molecule has 1 aromatic rings. The predicted molar refractivity (Wildman–Crippen MR) is 38.9 cm³/mol. The third-order valence-electron chi connectivity index (χ3n) is 1.35. The van der Waals surface area contributed by atoms with E-state index in [0.29, 0.717) is 6.20 Å². The predicted octanol–water partition coefficient (Wildman–Crippen LogP) is 2.68. The monoisotopic (exact) mass is 206 g/mol. The van der Waals surface area contributed by atoms with Gasteiger partial charge in [0.2, 0.25) is 5.95 Å². The highest BCUT2D eigenvalue weighted by Gasteiger charge is 2.19. The van der Waals surface area contributed by atoms with E-state index in [9.17, 15) is 13.2 Å². The van der Waals surface area contributed by atoms with Gasteiger partial charge in [-0.15, -0.1) is 0 Å². The molecule has 0 N–H and O–H groups in total. The summed E-state index contributed by atoms with van der Waals surface area (Å²) in [6.45, 7) is 0. The van der Waals surface area contributed by atoms with Crippen LogP contribution in [0.2, 0.25) is 5.02 Å². The van der Waals surface area contributed by atoms with Gasteiger partial charge in [0.05, 0.1) is 11.1 Å². The standard InChI is InChI=1S/C7H2ClF3N2/c8-5-3(1-12)4(6(9)10)2-13-7(5)11/h2,6H. The number of nitriles is 1. The summed E-state index contributed by atoms with van der Waals surface area (Å²) in [5, 5.41) is 7.74. The smallest absolute Gasteiger partial charge is 0.226 e. The van der Waals surface area contributed by atoms with Crippen LogP contribution in [0.5, 0.6) is 0 Å². The summed E-state index contributed by atoms with van der Waals surface area (Å²) in [7, 11) is 0. The number of pyridine rings is 1. The van der Waals surface area contributed by atoms with E-state index in [2.05, 4.69) is 4.98 Å². The molecule has 0 aromatic carbocycles. The van der Waals surface area contributed by atoms with Gasteiger partial charge in [0.15, 0.2) is 0 Å². The van der Waals surface area contributed by atoms with Crippen molar-refractivity contribution in [2.75, 3.05) is 0 Å². The molecule has 0 amide bonds. The van der Waals surface area contributed by atoms with Crippen molar-refractivity contribution in [1.82, 2.24) is 4.98 Å². The minimum Gasteiger partial charge on any atom is -0.226 e. The fraction of sp³-hybridized carbons (Fsp3) is 0.143. The zero-order valence-electron chi connectivity index (χ0n) is 6.06. The second-order valence-electron chi connectivity index (χ2n) is 2.11. The molecule has 0 aliphatic heterocycles. The maximum Gasteiger partial charge on any atom is 0.266 e. The van der Waals surface area contributed by atoms with Crippen molar-refractivity contribution in [3.8, 4) is 6.07 Å². The maximum absolute atomic E-state index is 12.6. The van der Waals surface area contributed by atoms with Crippen LogP contribution in [-0.4, -0.2) is 4.98 Å². The van der Waals surface area contributed by atoms with Crippen molar-refractivity contribution in [1.29, 1.82) is 5.26 Å². The van der Waals surface area contributed by atoms with Crippen LogP contribution in [0.4, 0.5) is 13.2 Å². The molecule has 0 aliphatic carbocycles. The Kier molecular flexibility index (Phi) is 2.73.